The molecule has 27 heavy (non-hydrogen) atoms. The van der Waals surface area contributed by atoms with Gasteiger partial charge in [0.25, 0.3) is 0 Å². The van der Waals surface area contributed by atoms with Gasteiger partial charge in [-0.1, -0.05) is 11.6 Å². The third-order valence-corrected chi connectivity index (χ3v) is 5.11. The van der Waals surface area contributed by atoms with Crippen LogP contribution in [0.2, 0.25) is 5.02 Å². The molecule has 2 N–H and O–H groups in total. The van der Waals surface area contributed by atoms with Gasteiger partial charge in [0.1, 0.15) is 0 Å². The van der Waals surface area contributed by atoms with E-state index in [-0.39, 0.29) is 5.91 Å². The highest BCUT2D eigenvalue weighted by molar-refractivity contribution is 6.30. The Morgan fingerprint density at radius 2 is 1.78 bits per heavy atom. The van der Waals surface area contributed by atoms with Crippen molar-refractivity contribution in [3.05, 3.63) is 53.1 Å². The summed E-state index contributed by atoms with van der Waals surface area (Å²) in [5.41, 5.74) is 4.12. The summed E-state index contributed by atoms with van der Waals surface area (Å²) in [7, 11) is 2.15. The van der Waals surface area contributed by atoms with Gasteiger partial charge in [-0.05, 0) is 62.0 Å². The van der Waals surface area contributed by atoms with Crippen LogP contribution < -0.4 is 15.5 Å². The van der Waals surface area contributed by atoms with Gasteiger partial charge in [0.05, 0.1) is 0 Å². The molecule has 2 aromatic carbocycles. The minimum atomic E-state index is 0.00136. The number of carbonyl (C=O) groups excluding carboxylic acids is 1. The third-order valence-electron chi connectivity index (χ3n) is 4.88. The molecule has 0 aliphatic carbocycles. The van der Waals surface area contributed by atoms with E-state index in [1.165, 1.54) is 5.69 Å². The van der Waals surface area contributed by atoms with Crippen LogP contribution >= 0.6 is 11.6 Å². The van der Waals surface area contributed by atoms with Crippen molar-refractivity contribution in [2.75, 3.05) is 55.3 Å². The van der Waals surface area contributed by atoms with Crippen LogP contribution in [-0.4, -0.2) is 50.6 Å². The Hall–Kier alpha value is -2.24. The lowest BCUT2D eigenvalue weighted by atomic mass is 10.2. The molecule has 0 unspecified atom stereocenters. The maximum atomic E-state index is 12.2. The third kappa shape index (κ3) is 5.62. The van der Waals surface area contributed by atoms with Crippen molar-refractivity contribution in [2.45, 2.75) is 13.3 Å². The van der Waals surface area contributed by atoms with E-state index in [1.807, 2.05) is 37.3 Å². The van der Waals surface area contributed by atoms with Crippen LogP contribution in [0.5, 0.6) is 0 Å². The number of carbonyl (C=O) groups is 1. The van der Waals surface area contributed by atoms with E-state index in [4.69, 9.17) is 11.6 Å². The van der Waals surface area contributed by atoms with Crippen LogP contribution in [0.25, 0.3) is 0 Å². The Morgan fingerprint density at radius 1 is 1.07 bits per heavy atom. The Kier molecular flexibility index (Phi) is 6.58. The molecule has 1 amide bonds. The van der Waals surface area contributed by atoms with Gasteiger partial charge < -0.3 is 20.4 Å². The van der Waals surface area contributed by atoms with Crippen LogP contribution in [0, 0.1) is 6.92 Å². The van der Waals surface area contributed by atoms with E-state index in [2.05, 4.69) is 39.6 Å². The smallest absolute Gasteiger partial charge is 0.226 e. The van der Waals surface area contributed by atoms with Gasteiger partial charge in [-0.2, -0.15) is 0 Å². The van der Waals surface area contributed by atoms with Gasteiger partial charge in [-0.25, -0.2) is 0 Å². The first-order valence-electron chi connectivity index (χ1n) is 9.35. The summed E-state index contributed by atoms with van der Waals surface area (Å²) in [6.07, 6.45) is 0.405. The maximum Gasteiger partial charge on any atom is 0.226 e. The summed E-state index contributed by atoms with van der Waals surface area (Å²) in [5.74, 6) is 0.00136. The molecule has 2 aromatic rings. The molecule has 0 bridgehead atoms. The number of hydrogen-bond acceptors (Lipinski definition) is 4. The van der Waals surface area contributed by atoms with Crippen LogP contribution in [0.1, 0.15) is 12.0 Å². The van der Waals surface area contributed by atoms with Crippen molar-refractivity contribution in [1.82, 2.24) is 4.90 Å². The monoisotopic (exact) mass is 386 g/mol. The quantitative estimate of drug-likeness (QED) is 0.791. The molecule has 1 aliphatic heterocycles. The standard InChI is InChI=1S/C21H27ClN4O/c1-16-15-17(22)3-8-20(16)23-10-9-21(27)24-18-4-6-19(7-5-18)26-13-11-25(2)12-14-26/h3-8,15,23H,9-14H2,1-2H3,(H,24,27). The first-order chi connectivity index (χ1) is 13.0. The van der Waals surface area contributed by atoms with E-state index < -0.39 is 0 Å². The molecule has 5 nitrogen and oxygen atoms in total. The molecule has 0 spiro atoms. The fourth-order valence-electron chi connectivity index (χ4n) is 3.18. The number of hydrogen-bond donors (Lipinski definition) is 2. The maximum absolute atomic E-state index is 12.2. The van der Waals surface area contributed by atoms with Gasteiger partial charge in [-0.15, -0.1) is 0 Å². The van der Waals surface area contributed by atoms with Crippen LogP contribution in [0.4, 0.5) is 17.1 Å². The summed E-state index contributed by atoms with van der Waals surface area (Å²) in [4.78, 5) is 16.9. The predicted octanol–water partition coefficient (Wildman–Crippen LogP) is 3.84. The lowest BCUT2D eigenvalue weighted by Gasteiger charge is -2.34. The molecule has 1 heterocycles. The molecule has 0 atom stereocenters. The number of nitrogens with one attached hydrogen (secondary N) is 2. The van der Waals surface area contributed by atoms with E-state index in [0.29, 0.717) is 13.0 Å². The van der Waals surface area contributed by atoms with Crippen molar-refractivity contribution in [3.63, 3.8) is 0 Å². The highest BCUT2D eigenvalue weighted by Gasteiger charge is 2.14. The van der Waals surface area contributed by atoms with Crippen molar-refractivity contribution < 1.29 is 4.79 Å². The minimum absolute atomic E-state index is 0.00136. The first-order valence-corrected chi connectivity index (χ1v) is 9.72. The zero-order valence-corrected chi connectivity index (χ0v) is 16.7. The van der Waals surface area contributed by atoms with Crippen LogP contribution in [-0.2, 0) is 4.79 Å². The molecule has 144 valence electrons. The molecule has 0 saturated carbocycles. The fourth-order valence-corrected chi connectivity index (χ4v) is 3.41. The zero-order valence-electron chi connectivity index (χ0n) is 16.0. The SMILES string of the molecule is Cc1cc(Cl)ccc1NCCC(=O)Nc1ccc(N2CCN(C)CC2)cc1. The van der Waals surface area contributed by atoms with E-state index in [1.54, 1.807) is 0 Å². The Labute approximate surface area is 166 Å². The van der Waals surface area contributed by atoms with E-state index in [0.717, 1.165) is 48.1 Å². The fraction of sp³-hybridized carbons (Fsp3) is 0.381. The highest BCUT2D eigenvalue weighted by atomic mass is 35.5. The zero-order chi connectivity index (χ0) is 19.2. The Morgan fingerprint density at radius 3 is 2.44 bits per heavy atom. The summed E-state index contributed by atoms with van der Waals surface area (Å²) in [5, 5.41) is 6.96. The number of halogens is 1. The topological polar surface area (TPSA) is 47.6 Å². The molecular formula is C21H27ClN4O. The Bertz CT molecular complexity index is 770. The lowest BCUT2D eigenvalue weighted by molar-refractivity contribution is -0.115. The molecule has 1 fully saturated rings. The second-order valence-corrected chi connectivity index (χ2v) is 7.46. The number of amides is 1. The largest absolute Gasteiger partial charge is 0.384 e. The van der Waals surface area contributed by atoms with Gasteiger partial charge >= 0.3 is 0 Å². The summed E-state index contributed by atoms with van der Waals surface area (Å²) in [6.45, 7) is 6.82. The highest BCUT2D eigenvalue weighted by Crippen LogP contribution is 2.20. The van der Waals surface area contributed by atoms with Gasteiger partial charge in [0.2, 0.25) is 5.91 Å². The number of benzene rings is 2. The molecular weight excluding hydrogens is 360 g/mol. The van der Waals surface area contributed by atoms with Gasteiger partial charge in [0, 0.05) is 61.2 Å². The van der Waals surface area contributed by atoms with Crippen molar-refractivity contribution in [2.24, 2.45) is 0 Å². The summed E-state index contributed by atoms with van der Waals surface area (Å²) in [6, 6.07) is 13.8. The average Bonchev–Trinajstić information content (AvgIpc) is 2.65. The van der Waals surface area contributed by atoms with Crippen molar-refractivity contribution in [1.29, 1.82) is 0 Å². The molecule has 3 rings (SSSR count). The number of likely N-dealkylation sites (N-methyl/N-ethyl adjacent to an activating group) is 1. The van der Waals surface area contributed by atoms with Crippen LogP contribution in [0.3, 0.4) is 0 Å². The molecule has 6 heteroatoms. The minimum Gasteiger partial charge on any atom is -0.384 e. The first kappa shape index (κ1) is 19.5. The second-order valence-electron chi connectivity index (χ2n) is 7.02. The number of nitrogens with zero attached hydrogens (tertiary/aromatic N) is 2. The normalized spacial score (nSPS) is 14.9. The van der Waals surface area contributed by atoms with Crippen molar-refractivity contribution in [3.8, 4) is 0 Å². The van der Waals surface area contributed by atoms with Gasteiger partial charge in [0.15, 0.2) is 0 Å². The molecule has 1 saturated heterocycles. The summed E-state index contributed by atoms with van der Waals surface area (Å²) < 4.78 is 0. The number of anilines is 3. The van der Waals surface area contributed by atoms with E-state index >= 15 is 0 Å². The molecule has 0 radical (unpaired) electrons. The second kappa shape index (κ2) is 9.11. The predicted molar refractivity (Wildman–Crippen MR) is 114 cm³/mol. The Balaban J connectivity index is 1.45. The number of rotatable bonds is 6. The summed E-state index contributed by atoms with van der Waals surface area (Å²) >= 11 is 5.96. The van der Waals surface area contributed by atoms with Crippen molar-refractivity contribution >= 4 is 34.6 Å². The molecule has 1 aliphatic rings. The van der Waals surface area contributed by atoms with E-state index in [9.17, 15) is 4.79 Å². The molecule has 0 aromatic heterocycles. The van der Waals surface area contributed by atoms with Crippen LogP contribution in [0.15, 0.2) is 42.5 Å². The van der Waals surface area contributed by atoms with Gasteiger partial charge in [-0.3, -0.25) is 4.79 Å². The number of piperazine rings is 1. The lowest BCUT2D eigenvalue weighted by Crippen LogP contribution is -2.44. The average molecular weight is 387 g/mol. The number of aryl methyl sites for hydroxylation is 1.